The first kappa shape index (κ1) is 12.1. The van der Waals surface area contributed by atoms with Gasteiger partial charge in [0.1, 0.15) is 6.17 Å². The fourth-order valence-electron chi connectivity index (χ4n) is 2.36. The number of carboxylic acids is 1. The van der Waals surface area contributed by atoms with Crippen LogP contribution in [0.3, 0.4) is 0 Å². The van der Waals surface area contributed by atoms with Crippen LogP contribution in [0.5, 0.6) is 0 Å². The molecule has 2 rings (SSSR count). The van der Waals surface area contributed by atoms with Gasteiger partial charge in [-0.15, -0.1) is 0 Å². The summed E-state index contributed by atoms with van der Waals surface area (Å²) in [4.78, 5) is 10.8. The fraction of sp³-hybridized carbons (Fsp3) is 0.500. The van der Waals surface area contributed by atoms with E-state index in [2.05, 4.69) is 0 Å². The van der Waals surface area contributed by atoms with E-state index in [0.29, 0.717) is 6.42 Å². The zero-order valence-electron chi connectivity index (χ0n) is 9.95. The van der Waals surface area contributed by atoms with Gasteiger partial charge in [0, 0.05) is 11.8 Å². The smallest absolute Gasteiger partial charge is 0.304 e. The lowest BCUT2D eigenvalue weighted by molar-refractivity contribution is -0.137. The molecule has 2 nitrogen and oxygen atoms in total. The standard InChI is InChI=1S/C14H17FO2/c1-10(15)7-11-3-2-4-12(8-11)14(5-6-14)9-13(16)17/h2-4,8,10H,5-7,9H2,1H3,(H,16,17). The first-order chi connectivity index (χ1) is 8.02. The van der Waals surface area contributed by atoms with Crippen LogP contribution in [0.4, 0.5) is 4.39 Å². The molecule has 0 spiro atoms. The molecule has 1 N–H and O–H groups in total. The number of hydrogen-bond donors (Lipinski definition) is 1. The maximum atomic E-state index is 12.9. The van der Waals surface area contributed by atoms with Gasteiger partial charge in [-0.3, -0.25) is 4.79 Å². The monoisotopic (exact) mass is 236 g/mol. The molecular weight excluding hydrogens is 219 g/mol. The summed E-state index contributed by atoms with van der Waals surface area (Å²) in [7, 11) is 0. The van der Waals surface area contributed by atoms with E-state index >= 15 is 0 Å². The molecule has 1 saturated carbocycles. The second kappa shape index (κ2) is 4.47. The second-order valence-corrected chi connectivity index (χ2v) is 5.04. The molecule has 92 valence electrons. The third kappa shape index (κ3) is 2.84. The molecule has 1 unspecified atom stereocenters. The van der Waals surface area contributed by atoms with Gasteiger partial charge < -0.3 is 5.11 Å². The van der Waals surface area contributed by atoms with Crippen molar-refractivity contribution in [3.05, 3.63) is 35.4 Å². The molecule has 0 radical (unpaired) electrons. The summed E-state index contributed by atoms with van der Waals surface area (Å²) >= 11 is 0. The number of halogens is 1. The van der Waals surface area contributed by atoms with Crippen LogP contribution in [0.1, 0.15) is 37.3 Å². The highest BCUT2D eigenvalue weighted by Crippen LogP contribution is 2.51. The average Bonchev–Trinajstić information content (AvgIpc) is 2.97. The molecule has 0 aliphatic heterocycles. The summed E-state index contributed by atoms with van der Waals surface area (Å²) in [5, 5.41) is 8.91. The van der Waals surface area contributed by atoms with Crippen LogP contribution in [0.25, 0.3) is 0 Å². The summed E-state index contributed by atoms with van der Waals surface area (Å²) in [6.45, 7) is 1.54. The van der Waals surface area contributed by atoms with Crippen molar-refractivity contribution in [2.45, 2.75) is 44.2 Å². The van der Waals surface area contributed by atoms with E-state index in [1.807, 2.05) is 24.3 Å². The van der Waals surface area contributed by atoms with Gasteiger partial charge in [-0.25, -0.2) is 4.39 Å². The van der Waals surface area contributed by atoms with Crippen molar-refractivity contribution in [2.24, 2.45) is 0 Å². The van der Waals surface area contributed by atoms with E-state index in [4.69, 9.17) is 5.11 Å². The van der Waals surface area contributed by atoms with Gasteiger partial charge in [0.2, 0.25) is 0 Å². The van der Waals surface area contributed by atoms with Crippen LogP contribution in [-0.2, 0) is 16.6 Å². The molecule has 0 saturated heterocycles. The Bertz CT molecular complexity index is 422. The molecule has 3 heteroatoms. The highest BCUT2D eigenvalue weighted by molar-refractivity contribution is 5.70. The molecule has 1 aliphatic rings. The van der Waals surface area contributed by atoms with Gasteiger partial charge in [-0.2, -0.15) is 0 Å². The Morgan fingerprint density at radius 1 is 1.53 bits per heavy atom. The van der Waals surface area contributed by atoms with Crippen LogP contribution in [0.15, 0.2) is 24.3 Å². The topological polar surface area (TPSA) is 37.3 Å². The number of aliphatic carboxylic acids is 1. The van der Waals surface area contributed by atoms with Crippen molar-refractivity contribution in [1.82, 2.24) is 0 Å². The molecule has 0 heterocycles. The zero-order chi connectivity index (χ0) is 12.5. The molecule has 0 aromatic heterocycles. The number of hydrogen-bond acceptors (Lipinski definition) is 1. The van der Waals surface area contributed by atoms with Crippen molar-refractivity contribution < 1.29 is 14.3 Å². The molecule has 1 fully saturated rings. The Morgan fingerprint density at radius 3 is 2.76 bits per heavy atom. The largest absolute Gasteiger partial charge is 0.481 e. The minimum atomic E-state index is -0.861. The van der Waals surface area contributed by atoms with Crippen molar-refractivity contribution in [3.8, 4) is 0 Å². The molecule has 1 atom stereocenters. The number of alkyl halides is 1. The number of benzene rings is 1. The Labute approximate surface area is 100 Å². The summed E-state index contributed by atoms with van der Waals surface area (Å²) in [5.41, 5.74) is 1.83. The maximum absolute atomic E-state index is 12.9. The van der Waals surface area contributed by atoms with Crippen molar-refractivity contribution in [2.75, 3.05) is 0 Å². The molecule has 1 aromatic rings. The van der Waals surface area contributed by atoms with Crippen molar-refractivity contribution in [1.29, 1.82) is 0 Å². The van der Waals surface area contributed by atoms with E-state index in [1.165, 1.54) is 6.92 Å². The van der Waals surface area contributed by atoms with Gasteiger partial charge in [-0.05, 0) is 30.9 Å². The SMILES string of the molecule is CC(F)Cc1cccc(C2(CC(=O)O)CC2)c1. The van der Waals surface area contributed by atoms with Crippen LogP contribution in [0.2, 0.25) is 0 Å². The number of carbonyl (C=O) groups is 1. The minimum absolute atomic E-state index is 0.179. The first-order valence-electron chi connectivity index (χ1n) is 5.97. The fourth-order valence-corrected chi connectivity index (χ4v) is 2.36. The van der Waals surface area contributed by atoms with Gasteiger partial charge in [-0.1, -0.05) is 24.3 Å². The Hall–Kier alpha value is -1.38. The van der Waals surface area contributed by atoms with Crippen LogP contribution >= 0.6 is 0 Å². The van der Waals surface area contributed by atoms with Crippen LogP contribution < -0.4 is 0 Å². The van der Waals surface area contributed by atoms with Gasteiger partial charge >= 0.3 is 5.97 Å². The molecule has 0 amide bonds. The lowest BCUT2D eigenvalue weighted by Gasteiger charge is -2.14. The lowest BCUT2D eigenvalue weighted by atomic mass is 9.90. The van der Waals surface area contributed by atoms with Gasteiger partial charge in [0.25, 0.3) is 0 Å². The van der Waals surface area contributed by atoms with E-state index in [9.17, 15) is 9.18 Å². The van der Waals surface area contributed by atoms with Crippen LogP contribution in [-0.4, -0.2) is 17.2 Å². The van der Waals surface area contributed by atoms with E-state index in [0.717, 1.165) is 24.0 Å². The quantitative estimate of drug-likeness (QED) is 0.853. The summed E-state index contributed by atoms with van der Waals surface area (Å²) < 4.78 is 12.9. The highest BCUT2D eigenvalue weighted by Gasteiger charge is 2.45. The second-order valence-electron chi connectivity index (χ2n) is 5.04. The molecule has 1 aliphatic carbocycles. The predicted octanol–water partition coefficient (Wildman–Crippen LogP) is 3.09. The van der Waals surface area contributed by atoms with Crippen LogP contribution in [0, 0.1) is 0 Å². The summed E-state index contributed by atoms with van der Waals surface area (Å²) in [5.74, 6) is -0.758. The molecule has 17 heavy (non-hydrogen) atoms. The van der Waals surface area contributed by atoms with Crippen molar-refractivity contribution in [3.63, 3.8) is 0 Å². The minimum Gasteiger partial charge on any atom is -0.481 e. The molecule has 1 aromatic carbocycles. The number of carboxylic acid groups (broad SMARTS) is 1. The Morgan fingerprint density at radius 2 is 2.24 bits per heavy atom. The van der Waals surface area contributed by atoms with E-state index in [1.54, 1.807) is 0 Å². The van der Waals surface area contributed by atoms with Gasteiger partial charge in [0.05, 0.1) is 6.42 Å². The molecule has 0 bridgehead atoms. The summed E-state index contributed by atoms with van der Waals surface area (Å²) in [6, 6.07) is 7.72. The summed E-state index contributed by atoms with van der Waals surface area (Å²) in [6.07, 6.45) is 1.57. The first-order valence-corrected chi connectivity index (χ1v) is 5.97. The lowest BCUT2D eigenvalue weighted by Crippen LogP contribution is -2.13. The normalized spacial score (nSPS) is 18.7. The Kier molecular flexibility index (Phi) is 3.18. The average molecular weight is 236 g/mol. The predicted molar refractivity (Wildman–Crippen MR) is 63.9 cm³/mol. The molecular formula is C14H17FO2. The van der Waals surface area contributed by atoms with Gasteiger partial charge in [0.15, 0.2) is 0 Å². The third-order valence-corrected chi connectivity index (χ3v) is 3.40. The maximum Gasteiger partial charge on any atom is 0.304 e. The van der Waals surface area contributed by atoms with E-state index < -0.39 is 12.1 Å². The zero-order valence-corrected chi connectivity index (χ0v) is 9.95. The Balaban J connectivity index is 2.18. The number of rotatable bonds is 5. The highest BCUT2D eigenvalue weighted by atomic mass is 19.1. The van der Waals surface area contributed by atoms with Crippen molar-refractivity contribution >= 4 is 5.97 Å². The van der Waals surface area contributed by atoms with E-state index in [-0.39, 0.29) is 11.8 Å². The third-order valence-electron chi connectivity index (χ3n) is 3.40.